The first kappa shape index (κ1) is 15.8. The summed E-state index contributed by atoms with van der Waals surface area (Å²) in [5.74, 6) is -0.670. The van der Waals surface area contributed by atoms with Gasteiger partial charge in [-0.3, -0.25) is 4.79 Å². The molecule has 0 saturated carbocycles. The number of furan rings is 1. The van der Waals surface area contributed by atoms with Crippen LogP contribution in [-0.4, -0.2) is 22.2 Å². The van der Waals surface area contributed by atoms with Gasteiger partial charge in [-0.2, -0.15) is 0 Å². The second-order valence-electron chi connectivity index (χ2n) is 4.70. The van der Waals surface area contributed by atoms with E-state index < -0.39 is 5.97 Å². The fraction of sp³-hybridized carbons (Fsp3) is 0. The molecule has 24 heavy (non-hydrogen) atoms. The summed E-state index contributed by atoms with van der Waals surface area (Å²) in [6.45, 7) is 0. The summed E-state index contributed by atoms with van der Waals surface area (Å²) in [4.78, 5) is 27.8. The van der Waals surface area contributed by atoms with Gasteiger partial charge in [-0.05, 0) is 48.2 Å². The Morgan fingerprint density at radius 2 is 2.08 bits per heavy atom. The standard InChI is InChI=1S/C17H12N2O4S/c20-15-14(9-3-5-11-6-4-10-23-11)24-17(19-15)18-13-8-2-1-7-12(13)16(21)22/h1-10H,(H,21,22)(H,18,19,20)/b5-3+,14-9+. The lowest BCUT2D eigenvalue weighted by Gasteiger charge is -2.00. The van der Waals surface area contributed by atoms with Gasteiger partial charge < -0.3 is 14.8 Å². The summed E-state index contributed by atoms with van der Waals surface area (Å²) in [6, 6.07) is 9.93. The molecule has 0 aliphatic carbocycles. The smallest absolute Gasteiger partial charge is 0.337 e. The summed E-state index contributed by atoms with van der Waals surface area (Å²) >= 11 is 1.15. The van der Waals surface area contributed by atoms with Crippen molar-refractivity contribution >= 4 is 40.6 Å². The quantitative estimate of drug-likeness (QED) is 0.832. The Kier molecular flexibility index (Phi) is 4.62. The third-order valence-corrected chi connectivity index (χ3v) is 3.99. The number of allylic oxidation sites excluding steroid dienone is 2. The van der Waals surface area contributed by atoms with E-state index in [1.165, 1.54) is 6.07 Å². The van der Waals surface area contributed by atoms with Gasteiger partial charge in [0.05, 0.1) is 22.4 Å². The van der Waals surface area contributed by atoms with Crippen LogP contribution in [0.25, 0.3) is 6.08 Å². The number of amides is 1. The zero-order valence-corrected chi connectivity index (χ0v) is 13.1. The van der Waals surface area contributed by atoms with Crippen LogP contribution in [0.3, 0.4) is 0 Å². The van der Waals surface area contributed by atoms with Crippen molar-refractivity contribution in [2.24, 2.45) is 4.99 Å². The molecule has 0 atom stereocenters. The van der Waals surface area contributed by atoms with E-state index in [1.807, 2.05) is 0 Å². The minimum Gasteiger partial charge on any atom is -0.478 e. The monoisotopic (exact) mass is 340 g/mol. The highest BCUT2D eigenvalue weighted by molar-refractivity contribution is 8.18. The van der Waals surface area contributed by atoms with Gasteiger partial charge in [0.2, 0.25) is 0 Å². The zero-order chi connectivity index (χ0) is 16.9. The molecule has 1 aliphatic heterocycles. The van der Waals surface area contributed by atoms with E-state index in [0.29, 0.717) is 21.5 Å². The number of aliphatic imine (C=N–C) groups is 1. The molecule has 0 spiro atoms. The number of carbonyl (C=O) groups excluding carboxylic acids is 1. The van der Waals surface area contributed by atoms with E-state index in [0.717, 1.165) is 11.8 Å². The fourth-order valence-corrected chi connectivity index (χ4v) is 2.76. The fourth-order valence-electron chi connectivity index (χ4n) is 1.97. The molecule has 1 fully saturated rings. The van der Waals surface area contributed by atoms with Crippen LogP contribution >= 0.6 is 11.8 Å². The molecule has 2 aromatic rings. The number of nitrogens with one attached hydrogen (secondary N) is 1. The third-order valence-electron chi connectivity index (χ3n) is 3.06. The maximum atomic E-state index is 11.9. The van der Waals surface area contributed by atoms with Gasteiger partial charge in [-0.25, -0.2) is 9.79 Å². The number of benzene rings is 1. The molecule has 1 aromatic carbocycles. The van der Waals surface area contributed by atoms with Crippen molar-refractivity contribution in [2.45, 2.75) is 0 Å². The number of carbonyl (C=O) groups is 2. The highest BCUT2D eigenvalue weighted by Gasteiger charge is 2.23. The van der Waals surface area contributed by atoms with Crippen molar-refractivity contribution in [1.82, 2.24) is 5.32 Å². The third kappa shape index (κ3) is 3.64. The number of amidine groups is 1. The Balaban J connectivity index is 1.78. The second kappa shape index (κ2) is 7.01. The molecule has 2 N–H and O–H groups in total. The number of carboxylic acid groups (broad SMARTS) is 1. The minimum atomic E-state index is -1.07. The molecule has 120 valence electrons. The van der Waals surface area contributed by atoms with Crippen molar-refractivity contribution in [2.75, 3.05) is 0 Å². The summed E-state index contributed by atoms with van der Waals surface area (Å²) in [7, 11) is 0. The molecule has 6 nitrogen and oxygen atoms in total. The van der Waals surface area contributed by atoms with Gasteiger partial charge in [-0.15, -0.1) is 0 Å². The molecule has 7 heteroatoms. The lowest BCUT2D eigenvalue weighted by atomic mass is 10.2. The summed E-state index contributed by atoms with van der Waals surface area (Å²) in [6.07, 6.45) is 6.65. The highest BCUT2D eigenvalue weighted by Crippen LogP contribution is 2.27. The number of carboxylic acids is 1. The lowest BCUT2D eigenvalue weighted by molar-refractivity contribution is -0.115. The number of rotatable bonds is 4. The van der Waals surface area contributed by atoms with E-state index in [1.54, 1.807) is 54.8 Å². The Morgan fingerprint density at radius 1 is 1.25 bits per heavy atom. The van der Waals surface area contributed by atoms with Gasteiger partial charge in [-0.1, -0.05) is 18.2 Å². The molecule has 1 amide bonds. The first-order chi connectivity index (χ1) is 11.6. The van der Waals surface area contributed by atoms with E-state index in [9.17, 15) is 9.59 Å². The number of hydrogen-bond donors (Lipinski definition) is 2. The molecule has 0 unspecified atom stereocenters. The van der Waals surface area contributed by atoms with Gasteiger partial charge in [0, 0.05) is 0 Å². The van der Waals surface area contributed by atoms with Gasteiger partial charge in [0.1, 0.15) is 5.76 Å². The van der Waals surface area contributed by atoms with Crippen molar-refractivity contribution in [3.8, 4) is 0 Å². The lowest BCUT2D eigenvalue weighted by Crippen LogP contribution is -2.19. The SMILES string of the molecule is O=C1NC(=Nc2ccccc2C(=O)O)S/C1=C/C=C/c1ccco1. The van der Waals surface area contributed by atoms with Crippen LogP contribution in [0.5, 0.6) is 0 Å². The maximum absolute atomic E-state index is 11.9. The molecular formula is C17H12N2O4S. The summed E-state index contributed by atoms with van der Waals surface area (Å²) in [5, 5.41) is 12.1. The maximum Gasteiger partial charge on any atom is 0.337 e. The number of hydrogen-bond acceptors (Lipinski definition) is 5. The predicted molar refractivity (Wildman–Crippen MR) is 92.1 cm³/mol. The van der Waals surface area contributed by atoms with Crippen LogP contribution in [0.4, 0.5) is 5.69 Å². The Labute approximate surface area is 141 Å². The Hall–Kier alpha value is -3.06. The first-order valence-corrected chi connectivity index (χ1v) is 7.77. The normalized spacial score (nSPS) is 17.8. The summed E-state index contributed by atoms with van der Waals surface area (Å²) < 4.78 is 5.16. The Bertz CT molecular complexity index is 866. The van der Waals surface area contributed by atoms with E-state index in [2.05, 4.69) is 10.3 Å². The molecule has 0 bridgehead atoms. The molecule has 1 saturated heterocycles. The van der Waals surface area contributed by atoms with Crippen LogP contribution in [0, 0.1) is 0 Å². The van der Waals surface area contributed by atoms with E-state index in [4.69, 9.17) is 9.52 Å². The number of thioether (sulfide) groups is 1. The molecule has 3 rings (SSSR count). The van der Waals surface area contributed by atoms with Crippen molar-refractivity contribution in [1.29, 1.82) is 0 Å². The van der Waals surface area contributed by atoms with Crippen LogP contribution in [-0.2, 0) is 4.79 Å². The largest absolute Gasteiger partial charge is 0.478 e. The van der Waals surface area contributed by atoms with Crippen molar-refractivity contribution in [3.05, 3.63) is 71.0 Å². The van der Waals surface area contributed by atoms with Crippen LogP contribution < -0.4 is 5.32 Å². The van der Waals surface area contributed by atoms with E-state index >= 15 is 0 Å². The van der Waals surface area contributed by atoms with E-state index in [-0.39, 0.29) is 11.5 Å². The average Bonchev–Trinajstić information content (AvgIpc) is 3.18. The van der Waals surface area contributed by atoms with Gasteiger partial charge >= 0.3 is 5.97 Å². The van der Waals surface area contributed by atoms with Crippen LogP contribution in [0.1, 0.15) is 16.1 Å². The number of para-hydroxylation sites is 1. The van der Waals surface area contributed by atoms with Gasteiger partial charge in [0.25, 0.3) is 5.91 Å². The molecular weight excluding hydrogens is 328 g/mol. The average molecular weight is 340 g/mol. The number of aromatic carboxylic acids is 1. The molecule has 2 heterocycles. The predicted octanol–water partition coefficient (Wildman–Crippen LogP) is 3.43. The van der Waals surface area contributed by atoms with Gasteiger partial charge in [0.15, 0.2) is 5.17 Å². The minimum absolute atomic E-state index is 0.0787. The van der Waals surface area contributed by atoms with Crippen LogP contribution in [0.2, 0.25) is 0 Å². The first-order valence-electron chi connectivity index (χ1n) is 6.95. The topological polar surface area (TPSA) is 91.9 Å². The molecule has 1 aliphatic rings. The van der Waals surface area contributed by atoms with Crippen molar-refractivity contribution in [3.63, 3.8) is 0 Å². The van der Waals surface area contributed by atoms with Crippen molar-refractivity contribution < 1.29 is 19.1 Å². The van der Waals surface area contributed by atoms with Crippen LogP contribution in [0.15, 0.2) is 69.1 Å². The Morgan fingerprint density at radius 3 is 2.83 bits per heavy atom. The second-order valence-corrected chi connectivity index (χ2v) is 5.73. The zero-order valence-electron chi connectivity index (χ0n) is 12.3. The molecule has 1 aromatic heterocycles. The molecule has 0 radical (unpaired) electrons. The number of nitrogens with zero attached hydrogens (tertiary/aromatic N) is 1. The highest BCUT2D eigenvalue weighted by atomic mass is 32.2. The summed E-state index contributed by atoms with van der Waals surface area (Å²) in [5.41, 5.74) is 0.371.